The molecule has 0 fully saturated rings. The maximum absolute atomic E-state index is 12.9. The van der Waals surface area contributed by atoms with E-state index in [1.54, 1.807) is 30.3 Å². The molecule has 2 atom stereocenters. The molecule has 0 amide bonds. The van der Waals surface area contributed by atoms with Crippen LogP contribution in [0.3, 0.4) is 0 Å². The third-order valence-corrected chi connectivity index (χ3v) is 3.45. The molecular weight excluding hydrogens is 310 g/mol. The first-order valence-electron chi connectivity index (χ1n) is 7.14. The lowest BCUT2D eigenvalue weighted by Crippen LogP contribution is -2.30. The molecule has 2 aromatic carbocycles. The highest BCUT2D eigenvalue weighted by molar-refractivity contribution is 5.21. The Hall–Kier alpha value is -1.92. The predicted molar refractivity (Wildman–Crippen MR) is 79.2 cm³/mol. The van der Waals surface area contributed by atoms with Crippen LogP contribution in [0, 0.1) is 5.82 Å². The van der Waals surface area contributed by atoms with E-state index in [2.05, 4.69) is 5.32 Å². The second-order valence-electron chi connectivity index (χ2n) is 5.26. The highest BCUT2D eigenvalue weighted by atomic mass is 19.4. The molecular formula is C17H17F4NO. The number of hydrogen-bond acceptors (Lipinski definition) is 2. The van der Waals surface area contributed by atoms with Crippen LogP contribution >= 0.6 is 0 Å². The normalized spacial score (nSPS) is 14.5. The molecule has 0 aliphatic heterocycles. The molecule has 2 rings (SSSR count). The lowest BCUT2D eigenvalue weighted by molar-refractivity contribution is -0.140. The van der Waals surface area contributed by atoms with Gasteiger partial charge in [-0.1, -0.05) is 42.5 Å². The Morgan fingerprint density at radius 3 is 2.09 bits per heavy atom. The van der Waals surface area contributed by atoms with Gasteiger partial charge in [0.15, 0.2) is 0 Å². The average Bonchev–Trinajstić information content (AvgIpc) is 2.52. The fourth-order valence-corrected chi connectivity index (χ4v) is 2.28. The molecule has 2 unspecified atom stereocenters. The highest BCUT2D eigenvalue weighted by Crippen LogP contribution is 2.30. The van der Waals surface area contributed by atoms with Crippen molar-refractivity contribution in [2.24, 2.45) is 0 Å². The predicted octanol–water partition coefficient (Wildman–Crippen LogP) is 4.14. The molecule has 2 aromatic rings. The van der Waals surface area contributed by atoms with Gasteiger partial charge in [0.05, 0.1) is 12.5 Å². The quantitative estimate of drug-likeness (QED) is 0.782. The van der Waals surface area contributed by atoms with Gasteiger partial charge in [-0.05, 0) is 23.3 Å². The first-order chi connectivity index (χ1) is 10.8. The Morgan fingerprint density at radius 2 is 1.52 bits per heavy atom. The van der Waals surface area contributed by atoms with E-state index >= 15 is 0 Å². The minimum Gasteiger partial charge on any atom is -0.387 e. The van der Waals surface area contributed by atoms with E-state index in [-0.39, 0.29) is 6.54 Å². The number of aliphatic hydroxyl groups excluding tert-OH is 1. The number of rotatable bonds is 6. The Bertz CT molecular complexity index is 598. The molecule has 0 aromatic heterocycles. The molecule has 23 heavy (non-hydrogen) atoms. The van der Waals surface area contributed by atoms with E-state index < -0.39 is 30.6 Å². The summed E-state index contributed by atoms with van der Waals surface area (Å²) in [6.45, 7) is -0.0395. The summed E-state index contributed by atoms with van der Waals surface area (Å²) in [4.78, 5) is 0. The van der Waals surface area contributed by atoms with Crippen molar-refractivity contribution in [1.82, 2.24) is 5.32 Å². The van der Waals surface area contributed by atoms with E-state index in [0.29, 0.717) is 11.1 Å². The van der Waals surface area contributed by atoms with Crippen molar-refractivity contribution in [3.8, 4) is 0 Å². The van der Waals surface area contributed by atoms with Gasteiger partial charge in [0.2, 0.25) is 0 Å². The standard InChI is InChI=1S/C17H17F4NO/c18-14-8-6-12(7-9-14)15(10-17(19,20)21)22-11-16(23)13-4-2-1-3-5-13/h1-9,15-16,22-23H,10-11H2. The minimum absolute atomic E-state index is 0.0395. The third kappa shape index (κ3) is 5.65. The van der Waals surface area contributed by atoms with Crippen LogP contribution in [0.5, 0.6) is 0 Å². The van der Waals surface area contributed by atoms with Crippen LogP contribution in [0.4, 0.5) is 17.6 Å². The lowest BCUT2D eigenvalue weighted by Gasteiger charge is -2.22. The van der Waals surface area contributed by atoms with Crippen molar-refractivity contribution in [3.05, 3.63) is 71.5 Å². The van der Waals surface area contributed by atoms with Crippen LogP contribution < -0.4 is 5.32 Å². The molecule has 0 radical (unpaired) electrons. The highest BCUT2D eigenvalue weighted by Gasteiger charge is 2.32. The van der Waals surface area contributed by atoms with E-state index in [9.17, 15) is 22.7 Å². The van der Waals surface area contributed by atoms with Gasteiger partial charge in [0, 0.05) is 12.6 Å². The number of aliphatic hydroxyl groups is 1. The van der Waals surface area contributed by atoms with Crippen molar-refractivity contribution in [1.29, 1.82) is 0 Å². The van der Waals surface area contributed by atoms with Crippen molar-refractivity contribution < 1.29 is 22.7 Å². The van der Waals surface area contributed by atoms with Gasteiger partial charge in [0.1, 0.15) is 5.82 Å². The van der Waals surface area contributed by atoms with E-state index in [1.165, 1.54) is 12.1 Å². The van der Waals surface area contributed by atoms with Crippen LogP contribution in [0.25, 0.3) is 0 Å². The number of halogens is 4. The zero-order valence-corrected chi connectivity index (χ0v) is 12.2. The minimum atomic E-state index is -4.37. The van der Waals surface area contributed by atoms with Gasteiger partial charge in [-0.15, -0.1) is 0 Å². The van der Waals surface area contributed by atoms with E-state index in [4.69, 9.17) is 0 Å². The molecule has 0 spiro atoms. The summed E-state index contributed by atoms with van der Waals surface area (Å²) >= 11 is 0. The van der Waals surface area contributed by atoms with E-state index in [0.717, 1.165) is 12.1 Å². The van der Waals surface area contributed by atoms with Crippen LogP contribution in [-0.4, -0.2) is 17.8 Å². The maximum atomic E-state index is 12.9. The first-order valence-corrected chi connectivity index (χ1v) is 7.14. The fourth-order valence-electron chi connectivity index (χ4n) is 2.28. The summed E-state index contributed by atoms with van der Waals surface area (Å²) < 4.78 is 51.2. The fraction of sp³-hybridized carbons (Fsp3) is 0.294. The van der Waals surface area contributed by atoms with Gasteiger partial charge in [-0.2, -0.15) is 13.2 Å². The Kier molecular flexibility index (Phi) is 5.74. The largest absolute Gasteiger partial charge is 0.390 e. The third-order valence-electron chi connectivity index (χ3n) is 3.45. The monoisotopic (exact) mass is 327 g/mol. The molecule has 2 nitrogen and oxygen atoms in total. The first kappa shape index (κ1) is 17.4. The zero-order chi connectivity index (χ0) is 16.9. The Balaban J connectivity index is 2.07. The topological polar surface area (TPSA) is 32.3 Å². The van der Waals surface area contributed by atoms with Crippen molar-refractivity contribution in [2.45, 2.75) is 24.7 Å². The van der Waals surface area contributed by atoms with Crippen molar-refractivity contribution in [2.75, 3.05) is 6.54 Å². The van der Waals surface area contributed by atoms with Crippen LogP contribution in [0.15, 0.2) is 54.6 Å². The number of alkyl halides is 3. The van der Waals surface area contributed by atoms with Gasteiger partial charge < -0.3 is 10.4 Å². The average molecular weight is 327 g/mol. The Morgan fingerprint density at radius 1 is 0.913 bits per heavy atom. The molecule has 0 bridgehead atoms. The molecule has 0 saturated carbocycles. The van der Waals surface area contributed by atoms with Gasteiger partial charge in [0.25, 0.3) is 0 Å². The molecule has 6 heteroatoms. The molecule has 2 N–H and O–H groups in total. The molecule has 124 valence electrons. The number of nitrogens with one attached hydrogen (secondary N) is 1. The second-order valence-corrected chi connectivity index (χ2v) is 5.26. The van der Waals surface area contributed by atoms with Gasteiger partial charge >= 0.3 is 6.18 Å². The molecule has 0 aliphatic carbocycles. The van der Waals surface area contributed by atoms with Crippen molar-refractivity contribution >= 4 is 0 Å². The smallest absolute Gasteiger partial charge is 0.387 e. The zero-order valence-electron chi connectivity index (χ0n) is 12.2. The van der Waals surface area contributed by atoms with Crippen LogP contribution in [0.1, 0.15) is 29.7 Å². The lowest BCUT2D eigenvalue weighted by atomic mass is 10.0. The van der Waals surface area contributed by atoms with E-state index in [1.807, 2.05) is 0 Å². The number of benzene rings is 2. The maximum Gasteiger partial charge on any atom is 0.390 e. The summed E-state index contributed by atoms with van der Waals surface area (Å²) in [5.74, 6) is -0.510. The van der Waals surface area contributed by atoms with Gasteiger partial charge in [-0.3, -0.25) is 0 Å². The molecule has 0 heterocycles. The van der Waals surface area contributed by atoms with Gasteiger partial charge in [-0.25, -0.2) is 4.39 Å². The Labute approximate surface area is 131 Å². The summed E-state index contributed by atoms with van der Waals surface area (Å²) in [7, 11) is 0. The van der Waals surface area contributed by atoms with Crippen molar-refractivity contribution in [3.63, 3.8) is 0 Å². The summed E-state index contributed by atoms with van der Waals surface area (Å²) in [5.41, 5.74) is 0.939. The summed E-state index contributed by atoms with van der Waals surface area (Å²) in [5, 5.41) is 12.8. The van der Waals surface area contributed by atoms with Crippen LogP contribution in [0.2, 0.25) is 0 Å². The summed E-state index contributed by atoms with van der Waals surface area (Å²) in [6, 6.07) is 12.5. The number of hydrogen-bond donors (Lipinski definition) is 2. The SMILES string of the molecule is OC(CNC(CC(F)(F)F)c1ccc(F)cc1)c1ccccc1. The second kappa shape index (κ2) is 7.57. The molecule has 0 aliphatic rings. The summed E-state index contributed by atoms with van der Waals surface area (Å²) in [6.07, 6.45) is -6.39. The molecule has 0 saturated heterocycles. The van der Waals surface area contributed by atoms with Crippen LogP contribution in [-0.2, 0) is 0 Å².